The number of esters is 4. The zero-order chi connectivity index (χ0) is 70.0. The average Bonchev–Trinajstić information content (AvgIpc) is 3.75. The normalized spacial score (nSPS) is 14.6. The number of unbranched alkanes of at least 4 members (excludes halogenated alkanes) is 43. The molecule has 0 aliphatic heterocycles. The van der Waals surface area contributed by atoms with Crippen molar-refractivity contribution in [2.75, 3.05) is 39.6 Å². The van der Waals surface area contributed by atoms with Crippen LogP contribution in [-0.2, 0) is 65.4 Å². The molecule has 0 aliphatic carbocycles. The molecule has 0 spiro atoms. The van der Waals surface area contributed by atoms with Gasteiger partial charge in [-0.25, -0.2) is 9.13 Å². The summed E-state index contributed by atoms with van der Waals surface area (Å²) in [4.78, 5) is 72.8. The van der Waals surface area contributed by atoms with Crippen molar-refractivity contribution in [1.82, 2.24) is 0 Å². The van der Waals surface area contributed by atoms with Crippen molar-refractivity contribution in [1.29, 1.82) is 0 Å². The van der Waals surface area contributed by atoms with E-state index in [-0.39, 0.29) is 25.7 Å². The van der Waals surface area contributed by atoms with Gasteiger partial charge in [0.2, 0.25) is 0 Å². The van der Waals surface area contributed by atoms with Crippen LogP contribution in [0.5, 0.6) is 0 Å². The van der Waals surface area contributed by atoms with Crippen LogP contribution in [-0.4, -0.2) is 96.7 Å². The maximum atomic E-state index is 13.1. The molecule has 95 heavy (non-hydrogen) atoms. The van der Waals surface area contributed by atoms with Gasteiger partial charge in [0.05, 0.1) is 26.4 Å². The Balaban J connectivity index is 5.24. The summed E-state index contributed by atoms with van der Waals surface area (Å²) in [7, 11) is -9.91. The Hall–Kier alpha value is -1.94. The summed E-state index contributed by atoms with van der Waals surface area (Å²) in [5, 5.41) is 10.6. The van der Waals surface area contributed by atoms with E-state index in [1.165, 1.54) is 212 Å². The van der Waals surface area contributed by atoms with E-state index < -0.39 is 97.5 Å². The quantitative estimate of drug-likeness (QED) is 0.0222. The number of carbonyl (C=O) groups excluding carboxylic acids is 4. The Morgan fingerprint density at radius 3 is 0.747 bits per heavy atom. The molecule has 0 aliphatic rings. The Morgan fingerprint density at radius 2 is 0.505 bits per heavy atom. The number of phosphoric acid groups is 2. The first-order chi connectivity index (χ1) is 45.9. The number of rotatable bonds is 75. The van der Waals surface area contributed by atoms with E-state index in [0.717, 1.165) is 102 Å². The number of phosphoric ester groups is 2. The Morgan fingerprint density at radius 1 is 0.295 bits per heavy atom. The number of aliphatic hydroxyl groups excluding tert-OH is 1. The monoisotopic (exact) mass is 1400 g/mol. The molecule has 0 rings (SSSR count). The van der Waals surface area contributed by atoms with Gasteiger partial charge in [-0.05, 0) is 37.5 Å². The van der Waals surface area contributed by atoms with Gasteiger partial charge < -0.3 is 33.8 Å². The van der Waals surface area contributed by atoms with E-state index in [2.05, 4.69) is 41.5 Å². The fourth-order valence-electron chi connectivity index (χ4n) is 11.6. The second-order valence-electron chi connectivity index (χ2n) is 27.9. The SMILES string of the molecule is CCCCCCCCCCCCCCCCCCCCC(=O)O[C@H](COC(=O)CCCCCCCCCCCCC(C)CC)COP(=O)(O)OC[C@@H](O)COP(=O)(O)OC[C@@H](COC(=O)CCCCCCCCCCC)OC(=O)CCCCCCCCCCCCC(C)CC. The minimum atomic E-state index is -4.96. The van der Waals surface area contributed by atoms with Crippen LogP contribution in [0.2, 0.25) is 0 Å². The minimum absolute atomic E-state index is 0.106. The average molecular weight is 1400 g/mol. The van der Waals surface area contributed by atoms with Crippen molar-refractivity contribution in [2.45, 2.75) is 413 Å². The standard InChI is InChI=1S/C76H148O17P2/c1-7-11-13-15-17-19-20-21-22-23-24-25-26-27-36-42-48-54-60-75(80)92-72(65-87-74(79)59-53-47-41-35-30-28-33-38-44-50-56-68(5)9-3)67-91-95(84,85)89-63-70(77)62-88-94(82,83)90-66-71(64-86-73(78)58-52-46-40-32-18-16-14-12-8-2)93-76(81)61-55-49-43-37-31-29-34-39-45-51-57-69(6)10-4/h68-72,77H,7-67H2,1-6H3,(H,82,83)(H,84,85)/t68?,69?,70-,71+,72+/m0/s1. The van der Waals surface area contributed by atoms with E-state index in [0.29, 0.717) is 25.7 Å². The van der Waals surface area contributed by atoms with E-state index in [1.807, 2.05) is 0 Å². The third-order valence-electron chi connectivity index (χ3n) is 18.4. The number of ether oxygens (including phenoxy) is 4. The fourth-order valence-corrected chi connectivity index (χ4v) is 13.2. The van der Waals surface area contributed by atoms with Crippen LogP contribution in [0.25, 0.3) is 0 Å². The molecule has 0 saturated carbocycles. The number of hydrogen-bond donors (Lipinski definition) is 3. The fraction of sp³-hybridized carbons (Fsp3) is 0.947. The molecule has 0 aromatic heterocycles. The van der Waals surface area contributed by atoms with Gasteiger partial charge >= 0.3 is 39.5 Å². The van der Waals surface area contributed by atoms with Gasteiger partial charge in [0, 0.05) is 25.7 Å². The van der Waals surface area contributed by atoms with E-state index in [9.17, 15) is 43.2 Å². The molecule has 0 radical (unpaired) electrons. The molecule has 17 nitrogen and oxygen atoms in total. The smallest absolute Gasteiger partial charge is 0.462 e. The van der Waals surface area contributed by atoms with Crippen molar-refractivity contribution in [3.05, 3.63) is 0 Å². The molecule has 3 N–H and O–H groups in total. The molecule has 0 fully saturated rings. The lowest BCUT2D eigenvalue weighted by Crippen LogP contribution is -2.30. The van der Waals surface area contributed by atoms with Gasteiger partial charge in [0.25, 0.3) is 0 Å². The van der Waals surface area contributed by atoms with Crippen LogP contribution < -0.4 is 0 Å². The lowest BCUT2D eigenvalue weighted by Gasteiger charge is -2.21. The summed E-state index contributed by atoms with van der Waals surface area (Å²) >= 11 is 0. The molecular weight excluding hydrogens is 1250 g/mol. The molecular formula is C76H148O17P2. The zero-order valence-corrected chi connectivity index (χ0v) is 63.8. The predicted molar refractivity (Wildman–Crippen MR) is 386 cm³/mol. The van der Waals surface area contributed by atoms with Gasteiger partial charge in [-0.2, -0.15) is 0 Å². The van der Waals surface area contributed by atoms with Crippen molar-refractivity contribution in [2.24, 2.45) is 11.8 Å². The molecule has 0 amide bonds. The highest BCUT2D eigenvalue weighted by Crippen LogP contribution is 2.45. The second kappa shape index (κ2) is 67.9. The van der Waals surface area contributed by atoms with Crippen molar-refractivity contribution in [3.8, 4) is 0 Å². The molecule has 0 aromatic rings. The summed E-state index contributed by atoms with van der Waals surface area (Å²) in [6.07, 6.45) is 55.3. The third-order valence-corrected chi connectivity index (χ3v) is 20.3. The Kier molecular flexibility index (Phi) is 66.5. The van der Waals surface area contributed by atoms with Crippen LogP contribution in [0.15, 0.2) is 0 Å². The molecule has 0 bridgehead atoms. The largest absolute Gasteiger partial charge is 0.472 e. The number of hydrogen-bond acceptors (Lipinski definition) is 15. The lowest BCUT2D eigenvalue weighted by molar-refractivity contribution is -0.161. The van der Waals surface area contributed by atoms with Crippen LogP contribution in [0.4, 0.5) is 0 Å². The van der Waals surface area contributed by atoms with Crippen LogP contribution in [0, 0.1) is 11.8 Å². The Labute approximate surface area is 581 Å². The summed E-state index contributed by atoms with van der Waals surface area (Å²) in [5.74, 6) is -0.503. The zero-order valence-electron chi connectivity index (χ0n) is 62.0. The number of carbonyl (C=O) groups is 4. The molecule has 19 heteroatoms. The van der Waals surface area contributed by atoms with E-state index in [1.54, 1.807) is 0 Å². The summed E-state index contributed by atoms with van der Waals surface area (Å²) in [5.41, 5.74) is 0. The van der Waals surface area contributed by atoms with E-state index in [4.69, 9.17) is 37.0 Å². The minimum Gasteiger partial charge on any atom is -0.462 e. The van der Waals surface area contributed by atoms with Crippen molar-refractivity contribution >= 4 is 39.5 Å². The lowest BCUT2D eigenvalue weighted by atomic mass is 9.99. The Bertz CT molecular complexity index is 1840. The second-order valence-corrected chi connectivity index (χ2v) is 30.8. The third kappa shape index (κ3) is 67.6. The predicted octanol–water partition coefficient (Wildman–Crippen LogP) is 22.3. The van der Waals surface area contributed by atoms with Crippen LogP contribution >= 0.6 is 15.6 Å². The van der Waals surface area contributed by atoms with E-state index >= 15 is 0 Å². The van der Waals surface area contributed by atoms with Gasteiger partial charge in [0.15, 0.2) is 12.2 Å². The van der Waals surface area contributed by atoms with Crippen molar-refractivity contribution < 1.29 is 80.2 Å². The number of aliphatic hydroxyl groups is 1. The first-order valence-electron chi connectivity index (χ1n) is 39.6. The highest BCUT2D eigenvalue weighted by molar-refractivity contribution is 7.47. The highest BCUT2D eigenvalue weighted by atomic mass is 31.2. The van der Waals surface area contributed by atoms with Crippen molar-refractivity contribution in [3.63, 3.8) is 0 Å². The van der Waals surface area contributed by atoms with Gasteiger partial charge in [-0.3, -0.25) is 37.3 Å². The molecule has 7 atom stereocenters. The summed E-state index contributed by atoms with van der Waals surface area (Å²) in [6, 6.07) is 0. The molecule has 564 valence electrons. The molecule has 0 heterocycles. The van der Waals surface area contributed by atoms with Gasteiger partial charge in [-0.15, -0.1) is 0 Å². The summed E-state index contributed by atoms with van der Waals surface area (Å²) < 4.78 is 68.5. The molecule has 0 aromatic carbocycles. The molecule has 0 saturated heterocycles. The van der Waals surface area contributed by atoms with Gasteiger partial charge in [-0.1, -0.05) is 343 Å². The topological polar surface area (TPSA) is 237 Å². The first kappa shape index (κ1) is 93.1. The summed E-state index contributed by atoms with van der Waals surface area (Å²) in [6.45, 7) is 9.64. The maximum Gasteiger partial charge on any atom is 0.472 e. The molecule has 4 unspecified atom stereocenters. The van der Waals surface area contributed by atoms with Crippen LogP contribution in [0.3, 0.4) is 0 Å². The van der Waals surface area contributed by atoms with Gasteiger partial charge in [0.1, 0.15) is 19.3 Å². The van der Waals surface area contributed by atoms with Crippen LogP contribution in [0.1, 0.15) is 395 Å². The first-order valence-corrected chi connectivity index (χ1v) is 42.6. The maximum absolute atomic E-state index is 13.1. The highest BCUT2D eigenvalue weighted by Gasteiger charge is 2.30.